The zero-order chi connectivity index (χ0) is 25.9. The maximum absolute atomic E-state index is 11.8. The summed E-state index contributed by atoms with van der Waals surface area (Å²) in [6.45, 7) is 0. The number of hydrogen-bond donors (Lipinski definition) is 4. The van der Waals surface area contributed by atoms with Crippen LogP contribution in [0.1, 0.15) is 25.3 Å². The lowest BCUT2D eigenvalue weighted by molar-refractivity contribution is -0.180. The minimum atomic E-state index is -2.31. The minimum absolute atomic E-state index is 0.0696. The fourth-order valence-corrected chi connectivity index (χ4v) is 5.19. The molecule has 0 spiro atoms. The van der Waals surface area contributed by atoms with Gasteiger partial charge >= 0.3 is 11.9 Å². The highest BCUT2D eigenvalue weighted by molar-refractivity contribution is 6.00. The van der Waals surface area contributed by atoms with Gasteiger partial charge in [-0.25, -0.2) is 14.8 Å². The van der Waals surface area contributed by atoms with Crippen molar-refractivity contribution in [1.29, 1.82) is 0 Å². The van der Waals surface area contributed by atoms with Crippen LogP contribution in [0.25, 0.3) is 38.9 Å². The van der Waals surface area contributed by atoms with Crippen LogP contribution in [0.3, 0.4) is 0 Å². The molecule has 5 aromatic heterocycles. The summed E-state index contributed by atoms with van der Waals surface area (Å²) in [5, 5.41) is 34.6. The lowest BCUT2D eigenvalue weighted by Gasteiger charge is -2.37. The van der Waals surface area contributed by atoms with Gasteiger partial charge in [0, 0.05) is 40.7 Å². The topological polar surface area (TPSA) is 182 Å². The molecule has 0 aromatic carbocycles. The molecule has 0 radical (unpaired) electrons. The number of pyridine rings is 2. The zero-order valence-electron chi connectivity index (χ0n) is 19.4. The monoisotopic (exact) mass is 502 g/mol. The average molecular weight is 502 g/mol. The summed E-state index contributed by atoms with van der Waals surface area (Å²) < 4.78 is 9.63. The first-order chi connectivity index (χ1) is 17.8. The average Bonchev–Trinajstić information content (AvgIpc) is 3.63. The maximum atomic E-state index is 11.8. The summed E-state index contributed by atoms with van der Waals surface area (Å²) in [7, 11) is 0. The molecule has 0 bridgehead atoms. The maximum Gasteiger partial charge on any atom is 0.336 e. The number of aliphatic hydroxyl groups is 1. The molecule has 1 saturated carbocycles. The summed E-state index contributed by atoms with van der Waals surface area (Å²) in [6, 6.07) is 5.31. The second-order valence-electron chi connectivity index (χ2n) is 9.28. The van der Waals surface area contributed by atoms with E-state index in [0.29, 0.717) is 16.9 Å². The Morgan fingerprint density at radius 1 is 1.19 bits per heavy atom. The SMILES string of the molecule is Nc1ncc(-c2cnn(C3CC[C@](O)(C(=O)O)[C@@H](C(=O)O)C3)c2)c2cc(-c3cccn4cncc34)oc12. The number of nitrogen functional groups attached to an aromatic ring is 1. The van der Waals surface area contributed by atoms with Crippen molar-refractivity contribution in [1.82, 2.24) is 24.1 Å². The van der Waals surface area contributed by atoms with E-state index < -0.39 is 29.5 Å². The number of aromatic nitrogens is 5. The van der Waals surface area contributed by atoms with Gasteiger partial charge in [0.1, 0.15) is 5.76 Å². The molecular formula is C25H22N6O6. The summed E-state index contributed by atoms with van der Waals surface area (Å²) in [4.78, 5) is 31.8. The summed E-state index contributed by atoms with van der Waals surface area (Å²) >= 11 is 0. The van der Waals surface area contributed by atoms with Crippen molar-refractivity contribution in [3.05, 3.63) is 55.5 Å². The number of carboxylic acid groups (broad SMARTS) is 2. The first kappa shape index (κ1) is 22.7. The van der Waals surface area contributed by atoms with Gasteiger partial charge in [-0.05, 0) is 37.5 Å². The highest BCUT2D eigenvalue weighted by Gasteiger charge is 2.52. The van der Waals surface area contributed by atoms with Crippen LogP contribution in [0, 0.1) is 5.92 Å². The van der Waals surface area contributed by atoms with E-state index in [9.17, 15) is 24.9 Å². The predicted molar refractivity (Wildman–Crippen MR) is 130 cm³/mol. The van der Waals surface area contributed by atoms with Gasteiger partial charge in [-0.15, -0.1) is 0 Å². The van der Waals surface area contributed by atoms with E-state index in [-0.39, 0.29) is 25.1 Å². The van der Waals surface area contributed by atoms with E-state index >= 15 is 0 Å². The van der Waals surface area contributed by atoms with E-state index in [1.165, 1.54) is 0 Å². The van der Waals surface area contributed by atoms with E-state index in [1.54, 1.807) is 35.8 Å². The number of nitrogens with two attached hydrogens (primary N) is 1. The molecule has 1 unspecified atom stereocenters. The zero-order valence-corrected chi connectivity index (χ0v) is 19.4. The van der Waals surface area contributed by atoms with Gasteiger partial charge in [0.2, 0.25) is 0 Å². The van der Waals surface area contributed by atoms with Crippen molar-refractivity contribution in [3.63, 3.8) is 0 Å². The van der Waals surface area contributed by atoms with Crippen LogP contribution in [-0.4, -0.2) is 57.0 Å². The summed E-state index contributed by atoms with van der Waals surface area (Å²) in [5.41, 5.74) is 7.39. The number of hydrogen-bond acceptors (Lipinski definition) is 8. The fraction of sp³-hybridized carbons (Fsp3) is 0.240. The Balaban J connectivity index is 1.37. The number of aliphatic carboxylic acids is 2. The van der Waals surface area contributed by atoms with Gasteiger partial charge in [-0.3, -0.25) is 9.48 Å². The molecule has 0 aliphatic heterocycles. The van der Waals surface area contributed by atoms with Gasteiger partial charge in [0.05, 0.1) is 36.2 Å². The van der Waals surface area contributed by atoms with Gasteiger partial charge in [0.25, 0.3) is 0 Å². The van der Waals surface area contributed by atoms with Gasteiger partial charge in [-0.2, -0.15) is 5.10 Å². The Bertz CT molecular complexity index is 1690. The Labute approximate surface area is 208 Å². The highest BCUT2D eigenvalue weighted by Crippen LogP contribution is 2.41. The molecule has 0 saturated heterocycles. The van der Waals surface area contributed by atoms with Gasteiger partial charge < -0.3 is 29.9 Å². The number of carbonyl (C=O) groups is 2. The van der Waals surface area contributed by atoms with Crippen LogP contribution in [0.15, 0.2) is 59.9 Å². The number of anilines is 1. The molecule has 12 nitrogen and oxygen atoms in total. The lowest BCUT2D eigenvalue weighted by Crippen LogP contribution is -2.52. The molecule has 1 fully saturated rings. The van der Waals surface area contributed by atoms with Crippen molar-refractivity contribution >= 4 is 34.2 Å². The molecule has 1 aliphatic carbocycles. The van der Waals surface area contributed by atoms with Crippen LogP contribution >= 0.6 is 0 Å². The Kier molecular flexibility index (Phi) is 5.02. The number of carboxylic acids is 2. The molecule has 1 aliphatic rings. The van der Waals surface area contributed by atoms with Crippen molar-refractivity contribution in [2.75, 3.05) is 5.73 Å². The largest absolute Gasteiger partial charge is 0.481 e. The molecule has 5 N–H and O–H groups in total. The molecule has 188 valence electrons. The normalized spacial score (nSPS) is 22.0. The third kappa shape index (κ3) is 3.52. The van der Waals surface area contributed by atoms with Crippen LogP contribution in [0.4, 0.5) is 5.82 Å². The van der Waals surface area contributed by atoms with Crippen molar-refractivity contribution in [2.24, 2.45) is 5.92 Å². The van der Waals surface area contributed by atoms with Gasteiger partial charge in [-0.1, -0.05) is 0 Å². The van der Waals surface area contributed by atoms with Crippen molar-refractivity contribution < 1.29 is 29.3 Å². The van der Waals surface area contributed by atoms with E-state index in [4.69, 9.17) is 10.2 Å². The highest BCUT2D eigenvalue weighted by atomic mass is 16.4. The molecule has 5 heterocycles. The third-order valence-electron chi connectivity index (χ3n) is 7.20. The van der Waals surface area contributed by atoms with E-state index in [0.717, 1.165) is 22.0 Å². The lowest BCUT2D eigenvalue weighted by atomic mass is 9.73. The molecule has 37 heavy (non-hydrogen) atoms. The third-order valence-corrected chi connectivity index (χ3v) is 7.20. The Hall–Kier alpha value is -4.71. The van der Waals surface area contributed by atoms with E-state index in [2.05, 4.69) is 15.1 Å². The van der Waals surface area contributed by atoms with E-state index in [1.807, 2.05) is 28.8 Å². The summed E-state index contributed by atoms with van der Waals surface area (Å²) in [6.07, 6.45) is 10.3. The molecule has 12 heteroatoms. The minimum Gasteiger partial charge on any atom is -0.481 e. The number of nitrogens with zero attached hydrogens (tertiary/aromatic N) is 5. The Morgan fingerprint density at radius 3 is 2.81 bits per heavy atom. The standard InChI is InChI=1S/C25H22N6O6/c26-22-21-16(7-20(37-21)15-2-1-5-30-12-27-10-19(15)30)17(9-28-22)13-8-29-31(11-13)14-3-4-25(36,24(34)35)18(6-14)23(32)33/h1-2,5,7-12,14,18,36H,3-4,6H2,(H2,26,28)(H,32,33)(H,34,35)/t14?,18-,25-/m1/s1. The quantitative estimate of drug-likeness (QED) is 0.279. The van der Waals surface area contributed by atoms with Crippen LogP contribution in [-0.2, 0) is 9.59 Å². The van der Waals surface area contributed by atoms with Crippen molar-refractivity contribution in [3.8, 4) is 22.5 Å². The van der Waals surface area contributed by atoms with Crippen molar-refractivity contribution in [2.45, 2.75) is 30.9 Å². The molecular weight excluding hydrogens is 480 g/mol. The molecule has 3 atom stereocenters. The molecule has 6 rings (SSSR count). The Morgan fingerprint density at radius 2 is 2.03 bits per heavy atom. The second kappa shape index (κ2) is 8.17. The first-order valence-electron chi connectivity index (χ1n) is 11.6. The molecule has 0 amide bonds. The van der Waals surface area contributed by atoms with Crippen LogP contribution in [0.2, 0.25) is 0 Å². The number of imidazole rings is 1. The summed E-state index contributed by atoms with van der Waals surface area (Å²) in [5.74, 6) is -3.51. The van der Waals surface area contributed by atoms with Gasteiger partial charge in [0.15, 0.2) is 17.0 Å². The fourth-order valence-electron chi connectivity index (χ4n) is 5.19. The second-order valence-corrected chi connectivity index (χ2v) is 9.28. The number of furan rings is 1. The predicted octanol–water partition coefficient (Wildman–Crippen LogP) is 2.83. The number of rotatable bonds is 5. The van der Waals surface area contributed by atoms with Crippen LogP contribution in [0.5, 0.6) is 0 Å². The smallest absolute Gasteiger partial charge is 0.336 e. The van der Waals surface area contributed by atoms with Crippen LogP contribution < -0.4 is 5.73 Å². The first-order valence-corrected chi connectivity index (χ1v) is 11.6. The number of fused-ring (bicyclic) bond motifs is 2. The molecule has 5 aromatic rings.